The van der Waals surface area contributed by atoms with Crippen LogP contribution in [0.3, 0.4) is 0 Å². The van der Waals surface area contributed by atoms with Crippen LogP contribution in [-0.4, -0.2) is 12.6 Å². The summed E-state index contributed by atoms with van der Waals surface area (Å²) >= 11 is 1.88. The summed E-state index contributed by atoms with van der Waals surface area (Å²) in [5, 5.41) is 3.32. The van der Waals surface area contributed by atoms with E-state index in [1.807, 2.05) is 18.3 Å². The number of hydrogen-bond acceptors (Lipinski definition) is 3. The number of rotatable bonds is 5. The standard InChI is InChI=1S/C10H18N2S/c1-3-9-4-5-10(13-9)7-12-6-8(2)11/h4-5,8,12H,3,6-7,11H2,1-2H3. The van der Waals surface area contributed by atoms with E-state index < -0.39 is 0 Å². The fraction of sp³-hybridized carbons (Fsp3) is 0.600. The van der Waals surface area contributed by atoms with E-state index in [1.165, 1.54) is 9.75 Å². The Kier molecular flexibility index (Phi) is 4.42. The molecule has 1 aromatic rings. The lowest BCUT2D eigenvalue weighted by atomic mass is 10.3. The van der Waals surface area contributed by atoms with E-state index in [4.69, 9.17) is 5.73 Å². The van der Waals surface area contributed by atoms with Crippen LogP contribution in [0.25, 0.3) is 0 Å². The van der Waals surface area contributed by atoms with Crippen molar-refractivity contribution in [1.29, 1.82) is 0 Å². The van der Waals surface area contributed by atoms with Gasteiger partial charge in [-0.25, -0.2) is 0 Å². The molecule has 3 heteroatoms. The molecule has 0 aliphatic carbocycles. The van der Waals surface area contributed by atoms with Gasteiger partial charge >= 0.3 is 0 Å². The van der Waals surface area contributed by atoms with Gasteiger partial charge in [0.15, 0.2) is 0 Å². The molecule has 2 nitrogen and oxygen atoms in total. The average Bonchev–Trinajstić information content (AvgIpc) is 2.52. The Morgan fingerprint density at radius 2 is 2.15 bits per heavy atom. The highest BCUT2D eigenvalue weighted by Gasteiger charge is 1.98. The average molecular weight is 198 g/mol. The Bertz CT molecular complexity index is 243. The summed E-state index contributed by atoms with van der Waals surface area (Å²) in [7, 11) is 0. The molecule has 1 rings (SSSR count). The van der Waals surface area contributed by atoms with Gasteiger partial charge in [-0.2, -0.15) is 0 Å². The normalized spacial score (nSPS) is 13.2. The highest BCUT2D eigenvalue weighted by atomic mass is 32.1. The summed E-state index contributed by atoms with van der Waals surface area (Å²) in [5.41, 5.74) is 5.63. The molecule has 0 fully saturated rings. The second-order valence-electron chi connectivity index (χ2n) is 3.33. The van der Waals surface area contributed by atoms with Crippen molar-refractivity contribution in [1.82, 2.24) is 5.32 Å². The van der Waals surface area contributed by atoms with Crippen LogP contribution in [0, 0.1) is 0 Å². The predicted octanol–water partition coefficient (Wildman–Crippen LogP) is 1.75. The van der Waals surface area contributed by atoms with Crippen molar-refractivity contribution in [3.8, 4) is 0 Å². The molecule has 0 aliphatic heterocycles. The van der Waals surface area contributed by atoms with E-state index >= 15 is 0 Å². The predicted molar refractivity (Wildman–Crippen MR) is 59.1 cm³/mol. The smallest absolute Gasteiger partial charge is 0.0300 e. The molecule has 3 N–H and O–H groups in total. The van der Waals surface area contributed by atoms with Crippen LogP contribution in [0.2, 0.25) is 0 Å². The summed E-state index contributed by atoms with van der Waals surface area (Å²) in [6.45, 7) is 6.04. The quantitative estimate of drug-likeness (QED) is 0.756. The van der Waals surface area contributed by atoms with Crippen molar-refractivity contribution >= 4 is 11.3 Å². The highest BCUT2D eigenvalue weighted by Crippen LogP contribution is 2.16. The zero-order valence-corrected chi connectivity index (χ0v) is 9.16. The van der Waals surface area contributed by atoms with Gasteiger partial charge in [0.1, 0.15) is 0 Å². The van der Waals surface area contributed by atoms with E-state index in [9.17, 15) is 0 Å². The molecule has 0 amide bonds. The topological polar surface area (TPSA) is 38.0 Å². The fourth-order valence-electron chi connectivity index (χ4n) is 1.13. The lowest BCUT2D eigenvalue weighted by Gasteiger charge is -2.05. The molecule has 13 heavy (non-hydrogen) atoms. The van der Waals surface area contributed by atoms with Crippen LogP contribution in [0.1, 0.15) is 23.6 Å². The molecule has 0 saturated carbocycles. The van der Waals surface area contributed by atoms with Gasteiger partial charge in [-0.1, -0.05) is 6.92 Å². The third-order valence-corrected chi connectivity index (χ3v) is 3.06. The molecule has 0 radical (unpaired) electrons. The van der Waals surface area contributed by atoms with Gasteiger partial charge in [0, 0.05) is 28.9 Å². The summed E-state index contributed by atoms with van der Waals surface area (Å²) in [4.78, 5) is 2.86. The van der Waals surface area contributed by atoms with Gasteiger partial charge in [0.2, 0.25) is 0 Å². The van der Waals surface area contributed by atoms with Gasteiger partial charge in [0.05, 0.1) is 0 Å². The van der Waals surface area contributed by atoms with Crippen LogP contribution in [0.15, 0.2) is 12.1 Å². The third-order valence-electron chi connectivity index (χ3n) is 1.83. The van der Waals surface area contributed by atoms with E-state index in [1.54, 1.807) is 0 Å². The van der Waals surface area contributed by atoms with Crippen molar-refractivity contribution in [3.05, 3.63) is 21.9 Å². The Hall–Kier alpha value is -0.380. The van der Waals surface area contributed by atoms with Crippen LogP contribution < -0.4 is 11.1 Å². The van der Waals surface area contributed by atoms with Crippen LogP contribution in [0.4, 0.5) is 0 Å². The molecule has 0 aliphatic rings. The first-order chi connectivity index (χ1) is 6.22. The molecule has 0 spiro atoms. The van der Waals surface area contributed by atoms with E-state index in [2.05, 4.69) is 24.4 Å². The van der Waals surface area contributed by atoms with Crippen molar-refractivity contribution in [2.24, 2.45) is 5.73 Å². The molecule has 0 bridgehead atoms. The van der Waals surface area contributed by atoms with Gasteiger partial charge < -0.3 is 11.1 Å². The lowest BCUT2D eigenvalue weighted by molar-refractivity contribution is 0.612. The molecule has 1 atom stereocenters. The largest absolute Gasteiger partial charge is 0.327 e. The maximum atomic E-state index is 5.63. The molecule has 0 saturated heterocycles. The number of thiophene rings is 1. The lowest BCUT2D eigenvalue weighted by Crippen LogP contribution is -2.30. The first kappa shape index (κ1) is 10.7. The zero-order chi connectivity index (χ0) is 9.68. The number of nitrogens with one attached hydrogen (secondary N) is 1. The Morgan fingerprint density at radius 3 is 2.69 bits per heavy atom. The van der Waals surface area contributed by atoms with Gasteiger partial charge in [-0.05, 0) is 25.5 Å². The van der Waals surface area contributed by atoms with Crippen molar-refractivity contribution < 1.29 is 0 Å². The summed E-state index contributed by atoms with van der Waals surface area (Å²) in [5.74, 6) is 0. The van der Waals surface area contributed by atoms with Gasteiger partial charge in [0.25, 0.3) is 0 Å². The second-order valence-corrected chi connectivity index (χ2v) is 4.58. The van der Waals surface area contributed by atoms with Gasteiger partial charge in [-0.3, -0.25) is 0 Å². The van der Waals surface area contributed by atoms with E-state index in [0.717, 1.165) is 19.5 Å². The summed E-state index contributed by atoms with van der Waals surface area (Å²) in [6.07, 6.45) is 1.14. The minimum atomic E-state index is 0.241. The zero-order valence-electron chi connectivity index (χ0n) is 8.34. The minimum absolute atomic E-state index is 0.241. The Balaban J connectivity index is 2.28. The van der Waals surface area contributed by atoms with Crippen molar-refractivity contribution in [3.63, 3.8) is 0 Å². The first-order valence-corrected chi connectivity index (χ1v) is 5.58. The molecular weight excluding hydrogens is 180 g/mol. The van der Waals surface area contributed by atoms with Crippen molar-refractivity contribution in [2.75, 3.05) is 6.54 Å². The molecule has 1 unspecified atom stereocenters. The second kappa shape index (κ2) is 5.37. The maximum absolute atomic E-state index is 5.63. The van der Waals surface area contributed by atoms with Crippen LogP contribution in [0.5, 0.6) is 0 Å². The van der Waals surface area contributed by atoms with E-state index in [0.29, 0.717) is 0 Å². The molecule has 1 heterocycles. The number of nitrogens with two attached hydrogens (primary N) is 1. The molecular formula is C10H18N2S. The Labute approximate surface area is 84.2 Å². The maximum Gasteiger partial charge on any atom is 0.0300 e. The summed E-state index contributed by atoms with van der Waals surface area (Å²) in [6, 6.07) is 4.64. The fourth-order valence-corrected chi connectivity index (χ4v) is 2.06. The first-order valence-electron chi connectivity index (χ1n) is 4.76. The number of hydrogen-bond donors (Lipinski definition) is 2. The minimum Gasteiger partial charge on any atom is -0.327 e. The molecule has 1 aromatic heterocycles. The Morgan fingerprint density at radius 1 is 1.46 bits per heavy atom. The van der Waals surface area contributed by atoms with E-state index in [-0.39, 0.29) is 6.04 Å². The number of aryl methyl sites for hydroxylation is 1. The van der Waals surface area contributed by atoms with Crippen LogP contribution >= 0.6 is 11.3 Å². The highest BCUT2D eigenvalue weighted by molar-refractivity contribution is 7.11. The third kappa shape index (κ3) is 3.89. The summed E-state index contributed by atoms with van der Waals surface area (Å²) < 4.78 is 0. The monoisotopic (exact) mass is 198 g/mol. The SMILES string of the molecule is CCc1ccc(CNCC(C)N)s1. The van der Waals surface area contributed by atoms with Gasteiger partial charge in [-0.15, -0.1) is 11.3 Å². The molecule has 0 aromatic carbocycles. The van der Waals surface area contributed by atoms with Crippen molar-refractivity contribution in [2.45, 2.75) is 32.9 Å². The van der Waals surface area contributed by atoms with Crippen LogP contribution in [-0.2, 0) is 13.0 Å². The molecule has 74 valence electrons.